The lowest BCUT2D eigenvalue weighted by atomic mass is 9.98. The Bertz CT molecular complexity index is 220. The number of hydrogen-bond acceptors (Lipinski definition) is 5. The Labute approximate surface area is 108 Å². The van der Waals surface area contributed by atoms with Gasteiger partial charge in [-0.25, -0.2) is 0 Å². The third-order valence-corrected chi connectivity index (χ3v) is 3.61. The van der Waals surface area contributed by atoms with E-state index >= 15 is 0 Å². The summed E-state index contributed by atoms with van der Waals surface area (Å²) in [6.07, 6.45) is 9.87. The van der Waals surface area contributed by atoms with Crippen molar-refractivity contribution in [3.8, 4) is 0 Å². The highest BCUT2D eigenvalue weighted by Gasteiger charge is 2.20. The SMILES string of the molecule is O=C(OOC1CCCCC1)OOC1CCCCC1. The van der Waals surface area contributed by atoms with Gasteiger partial charge in [-0.2, -0.15) is 14.6 Å². The summed E-state index contributed by atoms with van der Waals surface area (Å²) in [5, 5.41) is 0. The zero-order valence-corrected chi connectivity index (χ0v) is 10.8. The third-order valence-electron chi connectivity index (χ3n) is 3.61. The van der Waals surface area contributed by atoms with E-state index in [9.17, 15) is 4.79 Å². The summed E-state index contributed by atoms with van der Waals surface area (Å²) in [5.74, 6) is 0. The van der Waals surface area contributed by atoms with Crippen molar-refractivity contribution in [2.75, 3.05) is 0 Å². The summed E-state index contributed by atoms with van der Waals surface area (Å²) < 4.78 is 0. The molecular formula is C13H22O5. The fourth-order valence-corrected chi connectivity index (χ4v) is 2.55. The molecule has 2 aliphatic rings. The zero-order valence-electron chi connectivity index (χ0n) is 10.8. The molecule has 0 saturated heterocycles. The van der Waals surface area contributed by atoms with Gasteiger partial charge >= 0.3 is 6.16 Å². The molecule has 0 aromatic heterocycles. The van der Waals surface area contributed by atoms with Gasteiger partial charge in [-0.3, -0.25) is 9.78 Å². The van der Waals surface area contributed by atoms with Gasteiger partial charge in [0.25, 0.3) is 0 Å². The highest BCUT2D eigenvalue weighted by Crippen LogP contribution is 2.22. The first-order valence-corrected chi connectivity index (χ1v) is 7.05. The average Bonchev–Trinajstić information content (AvgIpc) is 2.45. The van der Waals surface area contributed by atoms with Crippen molar-refractivity contribution < 1.29 is 24.3 Å². The fourth-order valence-electron chi connectivity index (χ4n) is 2.55. The van der Waals surface area contributed by atoms with Gasteiger partial charge in [0.2, 0.25) is 0 Å². The van der Waals surface area contributed by atoms with E-state index in [1.54, 1.807) is 0 Å². The molecule has 0 aromatic carbocycles. The van der Waals surface area contributed by atoms with Crippen molar-refractivity contribution in [3.63, 3.8) is 0 Å². The van der Waals surface area contributed by atoms with Crippen LogP contribution in [-0.4, -0.2) is 18.4 Å². The summed E-state index contributed by atoms with van der Waals surface area (Å²) >= 11 is 0. The van der Waals surface area contributed by atoms with E-state index in [1.807, 2.05) is 0 Å². The van der Waals surface area contributed by atoms with Gasteiger partial charge in [-0.1, -0.05) is 38.5 Å². The van der Waals surface area contributed by atoms with E-state index in [1.165, 1.54) is 12.8 Å². The predicted molar refractivity (Wildman–Crippen MR) is 63.5 cm³/mol. The van der Waals surface area contributed by atoms with Crippen molar-refractivity contribution in [2.45, 2.75) is 76.4 Å². The Kier molecular flexibility index (Phi) is 5.74. The lowest BCUT2D eigenvalue weighted by Gasteiger charge is -2.21. The van der Waals surface area contributed by atoms with E-state index in [0.717, 1.165) is 51.4 Å². The Balaban J connectivity index is 1.54. The zero-order chi connectivity index (χ0) is 12.6. The van der Waals surface area contributed by atoms with Gasteiger partial charge in [0, 0.05) is 0 Å². The first-order valence-electron chi connectivity index (χ1n) is 7.05. The molecule has 2 fully saturated rings. The maximum atomic E-state index is 11.2. The van der Waals surface area contributed by atoms with E-state index in [-0.39, 0.29) is 12.2 Å². The second kappa shape index (κ2) is 7.59. The van der Waals surface area contributed by atoms with Crippen LogP contribution in [0.15, 0.2) is 0 Å². The minimum atomic E-state index is -0.897. The molecule has 0 unspecified atom stereocenters. The minimum Gasteiger partial charge on any atom is -0.257 e. The maximum absolute atomic E-state index is 11.2. The molecule has 2 rings (SSSR count). The van der Waals surface area contributed by atoms with Crippen LogP contribution in [0.5, 0.6) is 0 Å². The standard InChI is InChI=1S/C13H22O5/c14-13(17-15-11-7-3-1-4-8-11)18-16-12-9-5-2-6-10-12/h11-12H,1-10H2. The van der Waals surface area contributed by atoms with Crippen LogP contribution in [0.4, 0.5) is 4.79 Å². The molecule has 2 aliphatic carbocycles. The molecule has 0 bridgehead atoms. The third kappa shape index (κ3) is 4.82. The van der Waals surface area contributed by atoms with Gasteiger partial charge in [0.05, 0.1) is 0 Å². The smallest absolute Gasteiger partial charge is 0.257 e. The first-order chi connectivity index (χ1) is 8.84. The summed E-state index contributed by atoms with van der Waals surface area (Å²) in [4.78, 5) is 30.5. The van der Waals surface area contributed by atoms with E-state index in [2.05, 4.69) is 9.78 Å². The number of rotatable bonds is 4. The molecule has 0 aromatic rings. The highest BCUT2D eigenvalue weighted by molar-refractivity contribution is 5.58. The number of carbonyl (C=O) groups excluding carboxylic acids is 1. The topological polar surface area (TPSA) is 54.0 Å². The Hall–Kier alpha value is -0.810. The molecule has 5 heteroatoms. The molecule has 0 aliphatic heterocycles. The molecule has 0 heterocycles. The van der Waals surface area contributed by atoms with Gasteiger partial charge in [0.1, 0.15) is 12.2 Å². The van der Waals surface area contributed by atoms with Crippen molar-refractivity contribution in [1.29, 1.82) is 0 Å². The molecule has 5 nitrogen and oxygen atoms in total. The van der Waals surface area contributed by atoms with Crippen LogP contribution in [0, 0.1) is 0 Å². The van der Waals surface area contributed by atoms with Gasteiger partial charge < -0.3 is 0 Å². The minimum absolute atomic E-state index is 0.0148. The van der Waals surface area contributed by atoms with Crippen molar-refractivity contribution in [3.05, 3.63) is 0 Å². The van der Waals surface area contributed by atoms with Gasteiger partial charge in [-0.15, -0.1) is 0 Å². The molecule has 104 valence electrons. The molecule has 2 saturated carbocycles. The quantitative estimate of drug-likeness (QED) is 0.569. The van der Waals surface area contributed by atoms with Crippen LogP contribution in [0.2, 0.25) is 0 Å². The molecule has 0 spiro atoms. The summed E-state index contributed by atoms with van der Waals surface area (Å²) in [7, 11) is 0. The normalized spacial score (nSPS) is 22.7. The lowest BCUT2D eigenvalue weighted by molar-refractivity contribution is -0.350. The Morgan fingerprint density at radius 2 is 1.06 bits per heavy atom. The molecular weight excluding hydrogens is 236 g/mol. The van der Waals surface area contributed by atoms with E-state index in [0.29, 0.717) is 0 Å². The second-order valence-electron chi connectivity index (χ2n) is 5.13. The summed E-state index contributed by atoms with van der Waals surface area (Å²) in [6, 6.07) is 0. The highest BCUT2D eigenvalue weighted by atomic mass is 17.3. The fraction of sp³-hybridized carbons (Fsp3) is 0.923. The molecule has 0 atom stereocenters. The predicted octanol–water partition coefficient (Wildman–Crippen LogP) is 3.67. The largest absolute Gasteiger partial charge is 0.573 e. The Morgan fingerprint density at radius 3 is 1.44 bits per heavy atom. The molecule has 0 amide bonds. The summed E-state index contributed by atoms with van der Waals surface area (Å²) in [6.45, 7) is 0. The molecule has 18 heavy (non-hydrogen) atoms. The van der Waals surface area contributed by atoms with Gasteiger partial charge in [-0.05, 0) is 25.7 Å². The lowest BCUT2D eigenvalue weighted by Crippen LogP contribution is -2.22. The van der Waals surface area contributed by atoms with Crippen LogP contribution in [0.1, 0.15) is 64.2 Å². The monoisotopic (exact) mass is 258 g/mol. The van der Waals surface area contributed by atoms with Crippen LogP contribution < -0.4 is 0 Å². The summed E-state index contributed by atoms with van der Waals surface area (Å²) in [5.41, 5.74) is 0. The van der Waals surface area contributed by atoms with Crippen LogP contribution >= 0.6 is 0 Å². The second-order valence-corrected chi connectivity index (χ2v) is 5.13. The van der Waals surface area contributed by atoms with E-state index in [4.69, 9.17) is 9.78 Å². The van der Waals surface area contributed by atoms with Gasteiger partial charge in [0.15, 0.2) is 0 Å². The van der Waals surface area contributed by atoms with Crippen molar-refractivity contribution >= 4 is 6.16 Å². The number of hydrogen-bond donors (Lipinski definition) is 0. The van der Waals surface area contributed by atoms with Crippen molar-refractivity contribution in [2.24, 2.45) is 0 Å². The molecule has 0 radical (unpaired) electrons. The van der Waals surface area contributed by atoms with Crippen LogP contribution in [-0.2, 0) is 19.6 Å². The first kappa shape index (κ1) is 13.6. The van der Waals surface area contributed by atoms with E-state index < -0.39 is 6.16 Å². The maximum Gasteiger partial charge on any atom is 0.573 e. The number of carbonyl (C=O) groups is 1. The van der Waals surface area contributed by atoms with Crippen molar-refractivity contribution in [1.82, 2.24) is 0 Å². The van der Waals surface area contributed by atoms with Crippen LogP contribution in [0.25, 0.3) is 0 Å². The average molecular weight is 258 g/mol. The molecule has 0 N–H and O–H groups in total. The Morgan fingerprint density at radius 1 is 0.667 bits per heavy atom. The van der Waals surface area contributed by atoms with Crippen LogP contribution in [0.3, 0.4) is 0 Å².